The van der Waals surface area contributed by atoms with Gasteiger partial charge in [0.15, 0.2) is 5.02 Å². The van der Waals surface area contributed by atoms with Crippen LogP contribution < -0.4 is 29.1 Å². The summed E-state index contributed by atoms with van der Waals surface area (Å²) in [6.07, 6.45) is 1.38. The fourth-order valence-electron chi connectivity index (χ4n) is 0.748. The highest BCUT2D eigenvalue weighted by molar-refractivity contribution is 6.43. The monoisotopic (exact) mass is 307 g/mol. The molecule has 0 aliphatic carbocycles. The molecule has 0 saturated heterocycles. The van der Waals surface area contributed by atoms with E-state index in [9.17, 15) is 0 Å². The molecule has 0 radical (unpaired) electrons. The third-order valence-corrected chi connectivity index (χ3v) is 2.12. The van der Waals surface area contributed by atoms with E-state index in [0.29, 0.717) is 11.6 Å². The Kier molecular flexibility index (Phi) is 6.90. The number of aliphatic hydroxyl groups is 1. The minimum atomic E-state index is -4.94. The number of aromatic nitrogens is 2. The van der Waals surface area contributed by atoms with Gasteiger partial charge in [0.2, 0.25) is 0 Å². The molecule has 98 valence electrons. The van der Waals surface area contributed by atoms with E-state index in [0.717, 1.165) is 0 Å². The van der Waals surface area contributed by atoms with Crippen LogP contribution in [0.1, 0.15) is 0 Å². The summed E-state index contributed by atoms with van der Waals surface area (Å²) in [4.78, 5) is 0. The molecular formula is C6H8Cl3N3O5. The van der Waals surface area contributed by atoms with Gasteiger partial charge in [-0.05, 0) is 0 Å². The van der Waals surface area contributed by atoms with Crippen molar-refractivity contribution < 1.29 is 38.7 Å². The van der Waals surface area contributed by atoms with Gasteiger partial charge in [-0.3, -0.25) is 5.73 Å². The van der Waals surface area contributed by atoms with Crippen molar-refractivity contribution in [3.05, 3.63) is 16.2 Å². The highest BCUT2D eigenvalue weighted by Gasteiger charge is 2.13. The van der Waals surface area contributed by atoms with Crippen molar-refractivity contribution in [1.29, 1.82) is 0 Å². The number of nitrogens with two attached hydrogens (primary N) is 1. The highest BCUT2D eigenvalue weighted by atomic mass is 35.7. The second-order valence-electron chi connectivity index (χ2n) is 2.52. The Balaban J connectivity index is 0.000000437. The maximum Gasteiger partial charge on any atom is 0.313 e. The van der Waals surface area contributed by atoms with E-state index in [1.807, 2.05) is 0 Å². The maximum absolute atomic E-state index is 8.61. The molecule has 3 N–H and O–H groups in total. The topological polar surface area (TPSA) is 155 Å². The molecule has 1 aromatic rings. The number of hydrogen-bond donors (Lipinski definition) is 2. The van der Waals surface area contributed by atoms with Gasteiger partial charge in [-0.15, -0.1) is 14.9 Å². The predicted molar refractivity (Wildman–Crippen MR) is 46.0 cm³/mol. The lowest BCUT2D eigenvalue weighted by molar-refractivity contribution is -2.00. The van der Waals surface area contributed by atoms with E-state index in [2.05, 4.69) is 5.10 Å². The molecule has 0 bridgehead atoms. The van der Waals surface area contributed by atoms with Crippen LogP contribution in [0.3, 0.4) is 0 Å². The molecule has 0 aromatic carbocycles. The van der Waals surface area contributed by atoms with Gasteiger partial charge < -0.3 is 5.11 Å². The van der Waals surface area contributed by atoms with Crippen LogP contribution in [0.15, 0.2) is 6.20 Å². The molecule has 8 nitrogen and oxygen atoms in total. The van der Waals surface area contributed by atoms with E-state index >= 15 is 0 Å². The zero-order chi connectivity index (χ0) is 13.6. The average molecular weight is 309 g/mol. The normalized spacial score (nSPS) is 10.8. The van der Waals surface area contributed by atoms with E-state index in [4.69, 9.17) is 52.7 Å². The standard InChI is InChI=1S/C6H7Cl2N3O.ClHO4/c7-4-3-10-11(1-2-12)6(9)5(4)8;2-1(3,4)5/h3,9,12H,1-2H2;(H,2,3,4,5). The van der Waals surface area contributed by atoms with E-state index in [1.54, 1.807) is 0 Å². The molecule has 1 heterocycles. The first-order chi connectivity index (χ1) is 7.66. The lowest BCUT2D eigenvalue weighted by Crippen LogP contribution is -2.68. The Morgan fingerprint density at radius 2 is 1.82 bits per heavy atom. The van der Waals surface area contributed by atoms with E-state index in [-0.39, 0.29) is 17.4 Å². The van der Waals surface area contributed by atoms with Crippen LogP contribution in [-0.4, -0.2) is 16.8 Å². The van der Waals surface area contributed by atoms with Gasteiger partial charge >= 0.3 is 5.82 Å². The van der Waals surface area contributed by atoms with Gasteiger partial charge in [-0.1, -0.05) is 28.3 Å². The van der Waals surface area contributed by atoms with E-state index in [1.165, 1.54) is 10.9 Å². The van der Waals surface area contributed by atoms with Crippen molar-refractivity contribution in [2.75, 3.05) is 12.3 Å². The summed E-state index contributed by atoms with van der Waals surface area (Å²) in [5, 5.41) is 13.0. The first kappa shape index (κ1) is 16.6. The maximum atomic E-state index is 8.61. The fourth-order valence-corrected chi connectivity index (χ4v) is 1.03. The molecule has 0 aliphatic rings. The zero-order valence-corrected chi connectivity index (χ0v) is 10.4. The number of nitrogen functional groups attached to an aromatic ring is 1. The van der Waals surface area contributed by atoms with Crippen molar-refractivity contribution in [2.24, 2.45) is 0 Å². The second-order valence-corrected chi connectivity index (χ2v) is 4.06. The quantitative estimate of drug-likeness (QED) is 0.521. The third kappa shape index (κ3) is 7.47. The van der Waals surface area contributed by atoms with Gasteiger partial charge in [-0.25, -0.2) is 18.6 Å². The number of hydrogen-bond acceptors (Lipinski definition) is 7. The number of anilines is 1. The van der Waals surface area contributed by atoms with Gasteiger partial charge in [0.1, 0.15) is 6.54 Å². The van der Waals surface area contributed by atoms with Crippen molar-refractivity contribution in [3.63, 3.8) is 0 Å². The summed E-state index contributed by atoms with van der Waals surface area (Å²) in [6, 6.07) is 0. The highest BCUT2D eigenvalue weighted by Crippen LogP contribution is 2.22. The zero-order valence-electron chi connectivity index (χ0n) is 8.18. The van der Waals surface area contributed by atoms with E-state index < -0.39 is 10.2 Å². The van der Waals surface area contributed by atoms with Crippen LogP contribution in [0.2, 0.25) is 10.0 Å². The Labute approximate surface area is 108 Å². The lowest BCUT2D eigenvalue weighted by atomic mass is 10.5. The minimum Gasteiger partial charge on any atom is -0.392 e. The summed E-state index contributed by atoms with van der Waals surface area (Å²) in [6.45, 7) is 0.266. The van der Waals surface area contributed by atoms with Gasteiger partial charge in [0.25, 0.3) is 0 Å². The summed E-state index contributed by atoms with van der Waals surface area (Å²) < 4.78 is 35.4. The smallest absolute Gasteiger partial charge is 0.313 e. The van der Waals surface area contributed by atoms with Crippen molar-refractivity contribution >= 4 is 29.0 Å². The van der Waals surface area contributed by atoms with Crippen molar-refractivity contribution in [1.82, 2.24) is 5.10 Å². The molecule has 0 spiro atoms. The van der Waals surface area contributed by atoms with Crippen molar-refractivity contribution in [2.45, 2.75) is 6.54 Å². The van der Waals surface area contributed by atoms with Crippen LogP contribution in [0.5, 0.6) is 0 Å². The summed E-state index contributed by atoms with van der Waals surface area (Å²) in [5.74, 6) is 0.262. The Morgan fingerprint density at radius 1 is 1.35 bits per heavy atom. The third-order valence-electron chi connectivity index (χ3n) is 1.33. The van der Waals surface area contributed by atoms with Gasteiger partial charge in [0, 0.05) is 0 Å². The number of rotatable bonds is 2. The molecule has 0 amide bonds. The number of aliphatic hydroxyl groups excluding tert-OH is 1. The van der Waals surface area contributed by atoms with Crippen LogP contribution in [0.4, 0.5) is 5.82 Å². The Morgan fingerprint density at radius 3 is 2.24 bits per heavy atom. The Hall–Kier alpha value is -0.450. The van der Waals surface area contributed by atoms with Crippen LogP contribution >= 0.6 is 23.2 Å². The molecule has 0 atom stereocenters. The SMILES string of the molecule is Nc1c(Cl)c(Cl)cn[n+]1CCO.[O-][Cl+3]([O-])([O-])[O-]. The molecule has 17 heavy (non-hydrogen) atoms. The average Bonchev–Trinajstić information content (AvgIpc) is 2.17. The first-order valence-electron chi connectivity index (χ1n) is 3.89. The van der Waals surface area contributed by atoms with Crippen LogP contribution in [-0.2, 0) is 6.54 Å². The summed E-state index contributed by atoms with van der Waals surface area (Å²) >= 11 is 11.4. The lowest BCUT2D eigenvalue weighted by Gasteiger charge is -2.17. The van der Waals surface area contributed by atoms with Crippen LogP contribution in [0, 0.1) is 10.2 Å². The van der Waals surface area contributed by atoms with Crippen LogP contribution in [0.25, 0.3) is 0 Å². The first-order valence-corrected chi connectivity index (χ1v) is 5.88. The Bertz CT molecular complexity index is 367. The fraction of sp³-hybridized carbons (Fsp3) is 0.333. The second kappa shape index (κ2) is 7.09. The largest absolute Gasteiger partial charge is 0.392 e. The summed E-state index contributed by atoms with van der Waals surface area (Å²) in [5.41, 5.74) is 5.54. The molecule has 0 saturated carbocycles. The molecule has 1 aromatic heterocycles. The molecule has 0 unspecified atom stereocenters. The molecule has 11 heteroatoms. The molecule has 0 aliphatic heterocycles. The molecule has 0 fully saturated rings. The molecule has 1 rings (SSSR count). The number of halogens is 3. The van der Waals surface area contributed by atoms with Gasteiger partial charge in [0.05, 0.1) is 17.8 Å². The van der Waals surface area contributed by atoms with Gasteiger partial charge in [-0.2, -0.15) is 0 Å². The minimum absolute atomic E-state index is 0.0418. The molecular weight excluding hydrogens is 300 g/mol. The summed E-state index contributed by atoms with van der Waals surface area (Å²) in [7, 11) is -4.94. The predicted octanol–water partition coefficient (Wildman–Crippen LogP) is -4.51. The number of nitrogens with zero attached hydrogens (tertiary/aromatic N) is 2. The van der Waals surface area contributed by atoms with Crippen molar-refractivity contribution in [3.8, 4) is 0 Å².